The van der Waals surface area contributed by atoms with Gasteiger partial charge in [0.25, 0.3) is 0 Å². The zero-order chi connectivity index (χ0) is 13.5. The van der Waals surface area contributed by atoms with Crippen LogP contribution in [0.2, 0.25) is 0 Å². The van der Waals surface area contributed by atoms with E-state index < -0.39 is 0 Å². The van der Waals surface area contributed by atoms with Crippen molar-refractivity contribution in [3.05, 3.63) is 24.4 Å². The molecule has 0 radical (unpaired) electrons. The summed E-state index contributed by atoms with van der Waals surface area (Å²) in [4.78, 5) is 18.2. The number of ether oxygens (including phenoxy) is 1. The maximum atomic E-state index is 11.6. The van der Waals surface area contributed by atoms with E-state index in [0.717, 1.165) is 31.7 Å². The molecule has 104 valence electrons. The fourth-order valence-corrected chi connectivity index (χ4v) is 2.31. The molecule has 1 fully saturated rings. The lowest BCUT2D eigenvalue weighted by Crippen LogP contribution is -2.48. The molecular weight excluding hydrogens is 242 g/mol. The van der Waals surface area contributed by atoms with Crippen molar-refractivity contribution in [2.24, 2.45) is 0 Å². The van der Waals surface area contributed by atoms with E-state index in [-0.39, 0.29) is 18.6 Å². The smallest absolute Gasteiger partial charge is 0.246 e. The largest absolute Gasteiger partial charge is 0.372 e. The molecule has 2 rings (SSSR count). The molecular formula is C14H21N3O2. The second-order valence-corrected chi connectivity index (χ2v) is 4.68. The highest BCUT2D eigenvalue weighted by atomic mass is 16.5. The van der Waals surface area contributed by atoms with E-state index in [9.17, 15) is 4.79 Å². The van der Waals surface area contributed by atoms with Crippen molar-refractivity contribution in [1.29, 1.82) is 0 Å². The number of rotatable bonds is 5. The lowest BCUT2D eigenvalue weighted by atomic mass is 10.1. The van der Waals surface area contributed by atoms with Gasteiger partial charge in [-0.25, -0.2) is 4.98 Å². The predicted molar refractivity (Wildman–Crippen MR) is 74.1 cm³/mol. The first-order valence-corrected chi connectivity index (χ1v) is 6.82. The van der Waals surface area contributed by atoms with Gasteiger partial charge in [-0.3, -0.25) is 4.79 Å². The second-order valence-electron chi connectivity index (χ2n) is 4.68. The molecule has 19 heavy (non-hydrogen) atoms. The summed E-state index contributed by atoms with van der Waals surface area (Å²) in [7, 11) is 0. The van der Waals surface area contributed by atoms with Crippen molar-refractivity contribution >= 4 is 11.7 Å². The number of carbonyl (C=O) groups excluding carboxylic acids is 1. The summed E-state index contributed by atoms with van der Waals surface area (Å²) in [5.41, 5.74) is 0. The van der Waals surface area contributed by atoms with Crippen LogP contribution in [-0.4, -0.2) is 43.2 Å². The Morgan fingerprint density at radius 3 is 3.21 bits per heavy atom. The van der Waals surface area contributed by atoms with E-state index >= 15 is 0 Å². The molecule has 0 bridgehead atoms. The summed E-state index contributed by atoms with van der Waals surface area (Å²) >= 11 is 0. The third kappa shape index (κ3) is 4.21. The number of carbonyl (C=O) groups is 1. The average molecular weight is 263 g/mol. The maximum Gasteiger partial charge on any atom is 0.246 e. The summed E-state index contributed by atoms with van der Waals surface area (Å²) in [5.74, 6) is 0.945. The van der Waals surface area contributed by atoms with Crippen LogP contribution in [0.1, 0.15) is 19.8 Å². The van der Waals surface area contributed by atoms with Gasteiger partial charge in [0.15, 0.2) is 0 Å². The van der Waals surface area contributed by atoms with Gasteiger partial charge in [0.05, 0.1) is 0 Å². The van der Waals surface area contributed by atoms with Crippen LogP contribution in [0, 0.1) is 0 Å². The van der Waals surface area contributed by atoms with Gasteiger partial charge in [-0.2, -0.15) is 0 Å². The Labute approximate surface area is 114 Å². The monoisotopic (exact) mass is 263 g/mol. The number of hydrogen-bond acceptors (Lipinski definition) is 4. The lowest BCUT2D eigenvalue weighted by molar-refractivity contribution is -0.126. The fraction of sp³-hybridized carbons (Fsp3) is 0.571. The highest BCUT2D eigenvalue weighted by molar-refractivity contribution is 5.77. The van der Waals surface area contributed by atoms with Crippen LogP contribution in [0.5, 0.6) is 0 Å². The second kappa shape index (κ2) is 7.09. The third-order valence-corrected chi connectivity index (χ3v) is 3.20. The molecule has 5 nitrogen and oxygen atoms in total. The molecule has 1 aliphatic rings. The van der Waals surface area contributed by atoms with Crippen LogP contribution in [0.25, 0.3) is 0 Å². The lowest BCUT2D eigenvalue weighted by Gasteiger charge is -2.33. The van der Waals surface area contributed by atoms with Crippen molar-refractivity contribution in [1.82, 2.24) is 10.3 Å². The Morgan fingerprint density at radius 2 is 2.47 bits per heavy atom. The van der Waals surface area contributed by atoms with Crippen molar-refractivity contribution in [3.63, 3.8) is 0 Å². The molecule has 1 N–H and O–H groups in total. The summed E-state index contributed by atoms with van der Waals surface area (Å²) in [6.07, 6.45) is 3.88. The SMILES string of the molecule is CCOCC(=O)N[C@@H]1CCCN(c2ccccn2)C1. The van der Waals surface area contributed by atoms with E-state index in [1.165, 1.54) is 0 Å². The summed E-state index contributed by atoms with van der Waals surface area (Å²) in [5, 5.41) is 3.02. The summed E-state index contributed by atoms with van der Waals surface area (Å²) in [6.45, 7) is 4.41. The first-order valence-electron chi connectivity index (χ1n) is 6.82. The van der Waals surface area contributed by atoms with Crippen LogP contribution >= 0.6 is 0 Å². The molecule has 1 amide bonds. The van der Waals surface area contributed by atoms with Crippen molar-refractivity contribution < 1.29 is 9.53 Å². The number of anilines is 1. The Kier molecular flexibility index (Phi) is 5.15. The van der Waals surface area contributed by atoms with E-state index in [1.807, 2.05) is 25.1 Å². The first-order chi connectivity index (χ1) is 9.29. The molecule has 1 atom stereocenters. The van der Waals surface area contributed by atoms with E-state index in [0.29, 0.717) is 6.61 Å². The van der Waals surface area contributed by atoms with Gasteiger partial charge in [0, 0.05) is 31.9 Å². The van der Waals surface area contributed by atoms with Gasteiger partial charge >= 0.3 is 0 Å². The molecule has 5 heteroatoms. The molecule has 0 aliphatic carbocycles. The van der Waals surface area contributed by atoms with Gasteiger partial charge in [0.2, 0.25) is 5.91 Å². The molecule has 0 saturated carbocycles. The van der Waals surface area contributed by atoms with Crippen LogP contribution in [0.15, 0.2) is 24.4 Å². The Morgan fingerprint density at radius 1 is 1.58 bits per heavy atom. The summed E-state index contributed by atoms with van der Waals surface area (Å²) < 4.78 is 5.11. The van der Waals surface area contributed by atoms with E-state index in [4.69, 9.17) is 4.74 Å². The topological polar surface area (TPSA) is 54.5 Å². The van der Waals surface area contributed by atoms with Crippen LogP contribution in [0.3, 0.4) is 0 Å². The fourth-order valence-electron chi connectivity index (χ4n) is 2.31. The normalized spacial score (nSPS) is 19.2. The molecule has 2 heterocycles. The average Bonchev–Trinajstić information content (AvgIpc) is 2.46. The standard InChI is InChI=1S/C14H21N3O2/c1-2-19-11-14(18)16-12-6-5-9-17(10-12)13-7-3-4-8-15-13/h3-4,7-8,12H,2,5-6,9-11H2,1H3,(H,16,18)/t12-/m1/s1. The molecule has 1 saturated heterocycles. The van der Waals surface area contributed by atoms with Crippen molar-refractivity contribution in [3.8, 4) is 0 Å². The van der Waals surface area contributed by atoms with Crippen LogP contribution in [-0.2, 0) is 9.53 Å². The Hall–Kier alpha value is -1.62. The molecule has 0 unspecified atom stereocenters. The molecule has 1 aliphatic heterocycles. The molecule has 1 aromatic heterocycles. The highest BCUT2D eigenvalue weighted by Crippen LogP contribution is 2.17. The minimum Gasteiger partial charge on any atom is -0.372 e. The van der Waals surface area contributed by atoms with Gasteiger partial charge in [-0.1, -0.05) is 6.07 Å². The summed E-state index contributed by atoms with van der Waals surface area (Å²) in [6, 6.07) is 6.09. The minimum absolute atomic E-state index is 0.0327. The Balaban J connectivity index is 1.85. The number of amides is 1. The number of aromatic nitrogens is 1. The third-order valence-electron chi connectivity index (χ3n) is 3.20. The molecule has 0 aromatic carbocycles. The van der Waals surface area contributed by atoms with Gasteiger partial charge in [0.1, 0.15) is 12.4 Å². The number of nitrogens with zero attached hydrogens (tertiary/aromatic N) is 2. The highest BCUT2D eigenvalue weighted by Gasteiger charge is 2.21. The van der Waals surface area contributed by atoms with E-state index in [2.05, 4.69) is 15.2 Å². The molecule has 1 aromatic rings. The minimum atomic E-state index is -0.0327. The van der Waals surface area contributed by atoms with Crippen LogP contribution in [0.4, 0.5) is 5.82 Å². The zero-order valence-corrected chi connectivity index (χ0v) is 11.3. The van der Waals surface area contributed by atoms with Crippen molar-refractivity contribution in [2.45, 2.75) is 25.8 Å². The number of nitrogens with one attached hydrogen (secondary N) is 1. The number of hydrogen-bond donors (Lipinski definition) is 1. The van der Waals surface area contributed by atoms with Crippen molar-refractivity contribution in [2.75, 3.05) is 31.2 Å². The van der Waals surface area contributed by atoms with E-state index in [1.54, 1.807) is 6.20 Å². The van der Waals surface area contributed by atoms with Gasteiger partial charge in [-0.05, 0) is 31.9 Å². The Bertz CT molecular complexity index is 397. The maximum absolute atomic E-state index is 11.6. The van der Waals surface area contributed by atoms with Crippen LogP contribution < -0.4 is 10.2 Å². The quantitative estimate of drug-likeness (QED) is 0.867. The molecule has 0 spiro atoms. The first kappa shape index (κ1) is 13.8. The zero-order valence-electron chi connectivity index (χ0n) is 11.3. The van der Waals surface area contributed by atoms with Gasteiger partial charge in [-0.15, -0.1) is 0 Å². The van der Waals surface area contributed by atoms with Gasteiger partial charge < -0.3 is 15.0 Å². The predicted octanol–water partition coefficient (Wildman–Crippen LogP) is 1.20. The number of pyridine rings is 1. The number of piperidine rings is 1.